The number of hydrogen-bond acceptors (Lipinski definition) is 5. The zero-order valence-electron chi connectivity index (χ0n) is 18.7. The van der Waals surface area contributed by atoms with Crippen LogP contribution in [0.5, 0.6) is 0 Å². The summed E-state index contributed by atoms with van der Waals surface area (Å²) < 4.78 is 0. The first kappa shape index (κ1) is 25.4. The van der Waals surface area contributed by atoms with Crippen LogP contribution in [0.1, 0.15) is 16.8 Å². The summed E-state index contributed by atoms with van der Waals surface area (Å²) in [5.74, 6) is -0.868. The van der Waals surface area contributed by atoms with Gasteiger partial charge in [0.2, 0.25) is 0 Å². The maximum Gasteiger partial charge on any atom is 0.305 e. The molecule has 0 fully saturated rings. The van der Waals surface area contributed by atoms with Crippen molar-refractivity contribution in [2.24, 2.45) is 0 Å². The van der Waals surface area contributed by atoms with E-state index in [1.807, 2.05) is 36.4 Å². The summed E-state index contributed by atoms with van der Waals surface area (Å²) in [7, 11) is 0. The number of carboxylic acid groups (broad SMARTS) is 1. The molecule has 36 heavy (non-hydrogen) atoms. The fourth-order valence-electron chi connectivity index (χ4n) is 3.55. The molecule has 0 saturated carbocycles. The van der Waals surface area contributed by atoms with Gasteiger partial charge in [-0.2, -0.15) is 0 Å². The second-order valence-electron chi connectivity index (χ2n) is 7.65. The number of aromatic nitrogens is 2. The SMILES string of the molecule is O=C(O)CCN(c1ccc(C(=O)Nc2c(Cl)cncc2Cl)cc1)c1nc(Cl)ccc1-c1ccccc1. The third kappa shape index (κ3) is 5.94. The second-order valence-corrected chi connectivity index (χ2v) is 8.85. The minimum absolute atomic E-state index is 0.135. The number of carbonyl (C=O) groups excluding carboxylic acids is 1. The molecule has 0 aliphatic heterocycles. The molecule has 2 N–H and O–H groups in total. The molecule has 182 valence electrons. The molecular weight excluding hydrogens is 523 g/mol. The Bertz CT molecular complexity index is 1380. The van der Waals surface area contributed by atoms with Gasteiger partial charge in [0.15, 0.2) is 0 Å². The number of aliphatic carboxylic acids is 1. The topological polar surface area (TPSA) is 95.4 Å². The summed E-state index contributed by atoms with van der Waals surface area (Å²) in [6, 6.07) is 19.8. The van der Waals surface area contributed by atoms with E-state index in [0.29, 0.717) is 17.1 Å². The highest BCUT2D eigenvalue weighted by Crippen LogP contribution is 2.35. The quantitative estimate of drug-likeness (QED) is 0.234. The van der Waals surface area contributed by atoms with E-state index >= 15 is 0 Å². The van der Waals surface area contributed by atoms with Gasteiger partial charge in [0.1, 0.15) is 11.0 Å². The summed E-state index contributed by atoms with van der Waals surface area (Å²) in [6.07, 6.45) is 2.63. The van der Waals surface area contributed by atoms with Crippen LogP contribution >= 0.6 is 34.8 Å². The number of amides is 1. The number of benzene rings is 2. The summed E-state index contributed by atoms with van der Waals surface area (Å²) in [4.78, 5) is 34.4. The molecule has 0 aliphatic carbocycles. The van der Waals surface area contributed by atoms with Gasteiger partial charge in [-0.3, -0.25) is 14.6 Å². The maximum atomic E-state index is 12.8. The van der Waals surface area contributed by atoms with Crippen LogP contribution in [-0.4, -0.2) is 33.5 Å². The molecule has 4 rings (SSSR count). The van der Waals surface area contributed by atoms with Gasteiger partial charge in [0.05, 0.1) is 22.2 Å². The van der Waals surface area contributed by atoms with Gasteiger partial charge >= 0.3 is 5.97 Å². The molecule has 0 spiro atoms. The predicted molar refractivity (Wildman–Crippen MR) is 143 cm³/mol. The van der Waals surface area contributed by atoms with Crippen molar-refractivity contribution in [3.05, 3.63) is 99.9 Å². The second kappa shape index (κ2) is 11.4. The van der Waals surface area contributed by atoms with Crippen molar-refractivity contribution in [2.75, 3.05) is 16.8 Å². The van der Waals surface area contributed by atoms with Crippen LogP contribution in [-0.2, 0) is 4.79 Å². The number of nitrogens with one attached hydrogen (secondary N) is 1. The standard InChI is InChI=1S/C26H19Cl3N4O3/c27-20-14-30-15-21(28)24(20)32-26(36)17-6-8-18(9-7-17)33(13-12-23(34)35)25-19(10-11-22(29)31-25)16-4-2-1-3-5-16/h1-11,14-15H,12-13H2,(H,34,35)(H,30,32,36). The van der Waals surface area contributed by atoms with Gasteiger partial charge in [0.25, 0.3) is 5.91 Å². The summed E-state index contributed by atoms with van der Waals surface area (Å²) in [5, 5.41) is 12.7. The Hall–Kier alpha value is -3.65. The van der Waals surface area contributed by atoms with Gasteiger partial charge in [-0.25, -0.2) is 4.98 Å². The molecule has 7 nitrogen and oxygen atoms in total. The van der Waals surface area contributed by atoms with Gasteiger partial charge in [-0.15, -0.1) is 0 Å². The van der Waals surface area contributed by atoms with Crippen LogP contribution in [0.15, 0.2) is 79.1 Å². The van der Waals surface area contributed by atoms with Crippen LogP contribution in [0.25, 0.3) is 11.1 Å². The molecule has 1 amide bonds. The van der Waals surface area contributed by atoms with E-state index in [4.69, 9.17) is 34.8 Å². The molecule has 10 heteroatoms. The molecule has 2 heterocycles. The lowest BCUT2D eigenvalue weighted by atomic mass is 10.1. The fourth-order valence-corrected chi connectivity index (χ4v) is 4.15. The molecule has 2 aromatic carbocycles. The number of nitrogens with zero attached hydrogens (tertiary/aromatic N) is 3. The maximum absolute atomic E-state index is 12.8. The third-order valence-electron chi connectivity index (χ3n) is 5.26. The smallest absolute Gasteiger partial charge is 0.305 e. The number of hydrogen-bond donors (Lipinski definition) is 2. The first-order chi connectivity index (χ1) is 17.3. The van der Waals surface area contributed by atoms with Crippen LogP contribution < -0.4 is 10.2 Å². The molecule has 0 radical (unpaired) electrons. The van der Waals surface area contributed by atoms with Gasteiger partial charge in [-0.1, -0.05) is 65.1 Å². The lowest BCUT2D eigenvalue weighted by Crippen LogP contribution is -2.23. The third-order valence-corrected chi connectivity index (χ3v) is 6.05. The molecule has 0 saturated heterocycles. The Labute approximate surface area is 222 Å². The molecular formula is C26H19Cl3N4O3. The largest absolute Gasteiger partial charge is 0.481 e. The monoisotopic (exact) mass is 540 g/mol. The fraction of sp³-hybridized carbons (Fsp3) is 0.0769. The van der Waals surface area contributed by atoms with Gasteiger partial charge in [0, 0.05) is 35.8 Å². The van der Waals surface area contributed by atoms with Crippen LogP contribution in [0.2, 0.25) is 15.2 Å². The average molecular weight is 542 g/mol. The molecule has 0 atom stereocenters. The highest BCUT2D eigenvalue weighted by molar-refractivity contribution is 6.39. The molecule has 0 aliphatic rings. The van der Waals surface area contributed by atoms with Crippen molar-refractivity contribution in [2.45, 2.75) is 6.42 Å². The first-order valence-electron chi connectivity index (χ1n) is 10.7. The summed E-state index contributed by atoms with van der Waals surface area (Å²) >= 11 is 18.4. The lowest BCUT2D eigenvalue weighted by Gasteiger charge is -2.26. The van der Waals surface area contributed by atoms with Crippen molar-refractivity contribution in [1.29, 1.82) is 0 Å². The van der Waals surface area contributed by atoms with E-state index in [-0.39, 0.29) is 33.9 Å². The van der Waals surface area contributed by atoms with E-state index in [1.165, 1.54) is 12.4 Å². The minimum atomic E-state index is -0.953. The lowest BCUT2D eigenvalue weighted by molar-refractivity contribution is -0.136. The summed E-state index contributed by atoms with van der Waals surface area (Å²) in [5.41, 5.74) is 2.94. The van der Waals surface area contributed by atoms with Crippen molar-refractivity contribution < 1.29 is 14.7 Å². The number of pyridine rings is 2. The molecule has 2 aromatic heterocycles. The van der Waals surface area contributed by atoms with Crippen molar-refractivity contribution >= 4 is 63.9 Å². The molecule has 4 aromatic rings. The Morgan fingerprint density at radius 1 is 0.889 bits per heavy atom. The van der Waals surface area contributed by atoms with E-state index < -0.39 is 11.9 Å². The molecule has 0 bridgehead atoms. The van der Waals surface area contributed by atoms with Crippen LogP contribution in [0.3, 0.4) is 0 Å². The van der Waals surface area contributed by atoms with Crippen LogP contribution in [0.4, 0.5) is 17.2 Å². The van der Waals surface area contributed by atoms with Crippen molar-refractivity contribution in [1.82, 2.24) is 9.97 Å². The van der Waals surface area contributed by atoms with Crippen molar-refractivity contribution in [3.8, 4) is 11.1 Å². The number of rotatable bonds is 8. The normalized spacial score (nSPS) is 10.6. The average Bonchev–Trinajstić information content (AvgIpc) is 2.87. The Morgan fingerprint density at radius 3 is 2.19 bits per heavy atom. The molecule has 0 unspecified atom stereocenters. The van der Waals surface area contributed by atoms with E-state index in [1.54, 1.807) is 35.2 Å². The Morgan fingerprint density at radius 2 is 1.56 bits per heavy atom. The highest BCUT2D eigenvalue weighted by Gasteiger charge is 2.19. The number of carbonyl (C=O) groups is 2. The van der Waals surface area contributed by atoms with Crippen LogP contribution in [0, 0.1) is 0 Å². The summed E-state index contributed by atoms with van der Waals surface area (Å²) in [6.45, 7) is 0.135. The Kier molecular flexibility index (Phi) is 8.05. The number of halogens is 3. The van der Waals surface area contributed by atoms with E-state index in [2.05, 4.69) is 15.3 Å². The van der Waals surface area contributed by atoms with Gasteiger partial charge < -0.3 is 15.3 Å². The van der Waals surface area contributed by atoms with Crippen molar-refractivity contribution in [3.63, 3.8) is 0 Å². The van der Waals surface area contributed by atoms with Gasteiger partial charge in [-0.05, 0) is 42.0 Å². The van der Waals surface area contributed by atoms with E-state index in [9.17, 15) is 14.7 Å². The Balaban J connectivity index is 1.68. The zero-order valence-corrected chi connectivity index (χ0v) is 20.9. The zero-order chi connectivity index (χ0) is 25.7. The predicted octanol–water partition coefficient (Wildman–Crippen LogP) is 6.97. The first-order valence-corrected chi connectivity index (χ1v) is 11.9. The number of anilines is 3. The highest BCUT2D eigenvalue weighted by atomic mass is 35.5. The number of carboxylic acids is 1. The minimum Gasteiger partial charge on any atom is -0.481 e. The van der Waals surface area contributed by atoms with E-state index in [0.717, 1.165) is 11.1 Å².